The summed E-state index contributed by atoms with van der Waals surface area (Å²) in [5.74, 6) is -0.205. The van der Waals surface area contributed by atoms with Gasteiger partial charge in [-0.3, -0.25) is 14.4 Å². The Hall–Kier alpha value is -2.95. The summed E-state index contributed by atoms with van der Waals surface area (Å²) < 4.78 is 10.7. The van der Waals surface area contributed by atoms with Gasteiger partial charge in [0.15, 0.2) is 5.78 Å². The van der Waals surface area contributed by atoms with Gasteiger partial charge >= 0.3 is 11.9 Å². The summed E-state index contributed by atoms with van der Waals surface area (Å²) in [7, 11) is 0. The molecule has 0 amide bonds. The third-order valence-corrected chi connectivity index (χ3v) is 4.67. The number of hydrogen-bond acceptors (Lipinski definition) is 5. The lowest BCUT2D eigenvalue weighted by molar-refractivity contribution is -0.135. The molecule has 0 aliphatic heterocycles. The van der Waals surface area contributed by atoms with E-state index in [4.69, 9.17) is 9.47 Å². The molecule has 0 aliphatic carbocycles. The molecule has 0 N–H and O–H groups in total. The highest BCUT2D eigenvalue weighted by molar-refractivity contribution is 6.11. The lowest BCUT2D eigenvalue weighted by Gasteiger charge is -2.10. The van der Waals surface area contributed by atoms with Crippen LogP contribution in [0.1, 0.15) is 81.1 Å². The van der Waals surface area contributed by atoms with Crippen LogP contribution in [0.25, 0.3) is 0 Å². The van der Waals surface area contributed by atoms with Crippen molar-refractivity contribution in [2.45, 2.75) is 65.2 Å². The van der Waals surface area contributed by atoms with E-state index in [1.165, 1.54) is 0 Å². The van der Waals surface area contributed by atoms with Crippen molar-refractivity contribution in [3.63, 3.8) is 0 Å². The maximum atomic E-state index is 12.9. The molecule has 0 aliphatic rings. The maximum absolute atomic E-state index is 12.9. The zero-order valence-electron chi connectivity index (χ0n) is 17.8. The summed E-state index contributed by atoms with van der Waals surface area (Å²) in [4.78, 5) is 36.8. The summed E-state index contributed by atoms with van der Waals surface area (Å²) in [5, 5.41) is 0. The molecule has 2 rings (SSSR count). The van der Waals surface area contributed by atoms with Crippen LogP contribution >= 0.6 is 0 Å². The zero-order chi connectivity index (χ0) is 21.8. The number of ketones is 1. The van der Waals surface area contributed by atoms with Gasteiger partial charge in [0.2, 0.25) is 0 Å². The van der Waals surface area contributed by atoms with E-state index in [0.29, 0.717) is 29.7 Å². The normalized spacial score (nSPS) is 10.5. The van der Waals surface area contributed by atoms with E-state index in [-0.39, 0.29) is 23.5 Å². The highest BCUT2D eigenvalue weighted by Crippen LogP contribution is 2.24. The fraction of sp³-hybridized carbons (Fsp3) is 0.400. The van der Waals surface area contributed by atoms with Gasteiger partial charge in [-0.1, -0.05) is 51.7 Å². The van der Waals surface area contributed by atoms with Crippen molar-refractivity contribution >= 4 is 17.7 Å². The lowest BCUT2D eigenvalue weighted by Crippen LogP contribution is -2.12. The SMILES string of the molecule is CCCCCC(=O)Oc1ccc(C(=O)c2ccccc2OC(=O)CCCCC)cc1. The molecule has 160 valence electrons. The molecule has 0 heterocycles. The van der Waals surface area contributed by atoms with Crippen LogP contribution in [-0.2, 0) is 9.59 Å². The first-order valence-corrected chi connectivity index (χ1v) is 10.7. The van der Waals surface area contributed by atoms with Gasteiger partial charge in [0.25, 0.3) is 0 Å². The summed E-state index contributed by atoms with van der Waals surface area (Å²) in [6.45, 7) is 4.14. The van der Waals surface area contributed by atoms with Crippen molar-refractivity contribution < 1.29 is 23.9 Å². The Bertz CT molecular complexity index is 839. The number of benzene rings is 2. The summed E-state index contributed by atoms with van der Waals surface area (Å²) in [6.07, 6.45) is 6.30. The number of carbonyl (C=O) groups is 3. The summed E-state index contributed by atoms with van der Waals surface area (Å²) in [6, 6.07) is 13.1. The zero-order valence-corrected chi connectivity index (χ0v) is 17.8. The van der Waals surface area contributed by atoms with Crippen LogP contribution in [0.4, 0.5) is 0 Å². The van der Waals surface area contributed by atoms with E-state index in [2.05, 4.69) is 13.8 Å². The number of unbranched alkanes of at least 4 members (excludes halogenated alkanes) is 4. The molecular weight excluding hydrogens is 380 g/mol. The Morgan fingerprint density at radius 1 is 0.700 bits per heavy atom. The Labute approximate surface area is 178 Å². The standard InChI is InChI=1S/C25H30O5/c1-3-5-7-13-23(26)29-20-17-15-19(16-18-20)25(28)21-11-9-10-12-22(21)30-24(27)14-8-6-4-2/h9-12,15-18H,3-8,13-14H2,1-2H3. The fourth-order valence-corrected chi connectivity index (χ4v) is 2.97. The van der Waals surface area contributed by atoms with Gasteiger partial charge in [0.05, 0.1) is 5.56 Å². The molecule has 0 saturated heterocycles. The largest absolute Gasteiger partial charge is 0.427 e. The second kappa shape index (κ2) is 12.6. The van der Waals surface area contributed by atoms with Crippen molar-refractivity contribution in [1.29, 1.82) is 0 Å². The molecule has 0 aromatic heterocycles. The minimum absolute atomic E-state index is 0.257. The second-order valence-electron chi connectivity index (χ2n) is 7.21. The molecular formula is C25H30O5. The Kier molecular flexibility index (Phi) is 9.78. The molecule has 0 unspecified atom stereocenters. The summed E-state index contributed by atoms with van der Waals surface area (Å²) in [5.41, 5.74) is 0.751. The highest BCUT2D eigenvalue weighted by atomic mass is 16.5. The third-order valence-electron chi connectivity index (χ3n) is 4.67. The molecule has 0 spiro atoms. The molecule has 2 aromatic rings. The van der Waals surface area contributed by atoms with Gasteiger partial charge in [-0.05, 0) is 49.2 Å². The number of ether oxygens (including phenoxy) is 2. The van der Waals surface area contributed by atoms with Crippen LogP contribution in [0.5, 0.6) is 11.5 Å². The van der Waals surface area contributed by atoms with Crippen LogP contribution in [0.2, 0.25) is 0 Å². The smallest absolute Gasteiger partial charge is 0.311 e. The molecule has 30 heavy (non-hydrogen) atoms. The molecule has 0 fully saturated rings. The molecule has 5 heteroatoms. The minimum atomic E-state index is -0.339. The van der Waals surface area contributed by atoms with Gasteiger partial charge in [-0.25, -0.2) is 0 Å². The minimum Gasteiger partial charge on any atom is -0.427 e. The topological polar surface area (TPSA) is 69.7 Å². The van der Waals surface area contributed by atoms with E-state index in [0.717, 1.165) is 38.5 Å². The maximum Gasteiger partial charge on any atom is 0.311 e. The van der Waals surface area contributed by atoms with Gasteiger partial charge < -0.3 is 9.47 Å². The van der Waals surface area contributed by atoms with Crippen LogP contribution in [0.3, 0.4) is 0 Å². The second-order valence-corrected chi connectivity index (χ2v) is 7.21. The predicted molar refractivity (Wildman–Crippen MR) is 116 cm³/mol. The van der Waals surface area contributed by atoms with Crippen LogP contribution in [0.15, 0.2) is 48.5 Å². The average Bonchev–Trinajstić information content (AvgIpc) is 2.74. The van der Waals surface area contributed by atoms with Crippen LogP contribution in [-0.4, -0.2) is 17.7 Å². The van der Waals surface area contributed by atoms with Gasteiger partial charge in [-0.15, -0.1) is 0 Å². The van der Waals surface area contributed by atoms with Crippen molar-refractivity contribution in [2.75, 3.05) is 0 Å². The van der Waals surface area contributed by atoms with E-state index in [9.17, 15) is 14.4 Å². The Morgan fingerprint density at radius 2 is 1.27 bits per heavy atom. The first-order valence-electron chi connectivity index (χ1n) is 10.7. The molecule has 0 radical (unpaired) electrons. The highest BCUT2D eigenvalue weighted by Gasteiger charge is 2.17. The Morgan fingerprint density at radius 3 is 1.87 bits per heavy atom. The van der Waals surface area contributed by atoms with Crippen molar-refractivity contribution in [1.82, 2.24) is 0 Å². The van der Waals surface area contributed by atoms with Crippen molar-refractivity contribution in [3.8, 4) is 11.5 Å². The van der Waals surface area contributed by atoms with E-state index < -0.39 is 0 Å². The van der Waals surface area contributed by atoms with E-state index in [1.807, 2.05) is 0 Å². The van der Waals surface area contributed by atoms with Crippen molar-refractivity contribution in [2.24, 2.45) is 0 Å². The molecule has 0 atom stereocenters. The average molecular weight is 411 g/mol. The number of esters is 2. The first-order chi connectivity index (χ1) is 14.5. The lowest BCUT2D eigenvalue weighted by atomic mass is 10.0. The molecule has 0 saturated carbocycles. The fourth-order valence-electron chi connectivity index (χ4n) is 2.97. The Balaban J connectivity index is 2.03. The quantitative estimate of drug-likeness (QED) is 0.189. The number of para-hydroxylation sites is 1. The molecule has 0 bridgehead atoms. The molecule has 2 aromatic carbocycles. The first kappa shape index (κ1) is 23.3. The van der Waals surface area contributed by atoms with Crippen LogP contribution in [0, 0.1) is 0 Å². The predicted octanol–water partition coefficient (Wildman–Crippen LogP) is 5.89. The van der Waals surface area contributed by atoms with Crippen LogP contribution < -0.4 is 9.47 Å². The van der Waals surface area contributed by atoms with E-state index in [1.54, 1.807) is 48.5 Å². The van der Waals surface area contributed by atoms with Gasteiger partial charge in [-0.2, -0.15) is 0 Å². The monoisotopic (exact) mass is 410 g/mol. The van der Waals surface area contributed by atoms with Gasteiger partial charge in [0.1, 0.15) is 11.5 Å². The third kappa shape index (κ3) is 7.47. The molecule has 5 nitrogen and oxygen atoms in total. The van der Waals surface area contributed by atoms with Gasteiger partial charge in [0, 0.05) is 18.4 Å². The summed E-state index contributed by atoms with van der Waals surface area (Å²) >= 11 is 0. The van der Waals surface area contributed by atoms with Crippen molar-refractivity contribution in [3.05, 3.63) is 59.7 Å². The number of rotatable bonds is 12. The number of hydrogen-bond donors (Lipinski definition) is 0. The van der Waals surface area contributed by atoms with E-state index >= 15 is 0 Å². The number of carbonyl (C=O) groups excluding carboxylic acids is 3.